The molecule has 1 amide bonds. The standard InChI is InChI=1S/C20H32N4O2.ClH/c1-12-18(13(2)23(3)22-12)17-11-26-8-7-24(17)20(25)16-9-14-5-4-6-15(10-16)19(14)21;/h14-17,19H,4-11,21H2,1-3H3;1H. The highest BCUT2D eigenvalue weighted by molar-refractivity contribution is 5.85. The molecule has 152 valence electrons. The first-order valence-corrected chi connectivity index (χ1v) is 10.1. The third-order valence-corrected chi connectivity index (χ3v) is 7.07. The lowest BCUT2D eigenvalue weighted by Crippen LogP contribution is -2.52. The number of amides is 1. The number of aromatic nitrogens is 2. The van der Waals surface area contributed by atoms with Crippen LogP contribution in [0.2, 0.25) is 0 Å². The molecule has 3 unspecified atom stereocenters. The lowest BCUT2D eigenvalue weighted by atomic mass is 9.65. The van der Waals surface area contributed by atoms with Crippen molar-refractivity contribution in [2.24, 2.45) is 30.5 Å². The van der Waals surface area contributed by atoms with E-state index in [1.807, 2.05) is 18.7 Å². The second-order valence-electron chi connectivity index (χ2n) is 8.53. The van der Waals surface area contributed by atoms with Gasteiger partial charge in [-0.05, 0) is 51.4 Å². The average Bonchev–Trinajstić information content (AvgIpc) is 2.86. The fourth-order valence-electron chi connectivity index (χ4n) is 5.60. The van der Waals surface area contributed by atoms with Gasteiger partial charge in [0.2, 0.25) is 5.91 Å². The van der Waals surface area contributed by atoms with Crippen LogP contribution in [-0.2, 0) is 16.6 Å². The van der Waals surface area contributed by atoms with E-state index in [1.54, 1.807) is 0 Å². The number of fused-ring (bicyclic) bond motifs is 2. The van der Waals surface area contributed by atoms with Gasteiger partial charge in [-0.2, -0.15) is 5.10 Å². The molecule has 0 aromatic carbocycles. The van der Waals surface area contributed by atoms with Crippen molar-refractivity contribution in [3.63, 3.8) is 0 Å². The van der Waals surface area contributed by atoms with Crippen LogP contribution in [0.1, 0.15) is 55.1 Å². The Hall–Kier alpha value is -1.11. The van der Waals surface area contributed by atoms with E-state index in [2.05, 4.69) is 16.9 Å². The summed E-state index contributed by atoms with van der Waals surface area (Å²) in [5, 5.41) is 4.56. The fraction of sp³-hybridized carbons (Fsp3) is 0.800. The molecule has 2 bridgehead atoms. The minimum Gasteiger partial charge on any atom is -0.377 e. The summed E-state index contributed by atoms with van der Waals surface area (Å²) in [6.07, 6.45) is 5.58. The summed E-state index contributed by atoms with van der Waals surface area (Å²) in [5.41, 5.74) is 9.71. The van der Waals surface area contributed by atoms with Gasteiger partial charge in [-0.3, -0.25) is 9.48 Å². The zero-order chi connectivity index (χ0) is 18.4. The number of rotatable bonds is 2. The van der Waals surface area contributed by atoms with Crippen molar-refractivity contribution < 1.29 is 9.53 Å². The van der Waals surface area contributed by atoms with Gasteiger partial charge in [0, 0.05) is 36.8 Å². The van der Waals surface area contributed by atoms with Gasteiger partial charge in [0.25, 0.3) is 0 Å². The molecule has 4 rings (SSSR count). The highest BCUT2D eigenvalue weighted by Gasteiger charge is 2.43. The Morgan fingerprint density at radius 2 is 1.89 bits per heavy atom. The number of halogens is 1. The Balaban J connectivity index is 0.00000210. The summed E-state index contributed by atoms with van der Waals surface area (Å²) in [5.74, 6) is 1.49. The molecule has 2 heterocycles. The second kappa shape index (κ2) is 8.10. The van der Waals surface area contributed by atoms with Crippen LogP contribution in [0.5, 0.6) is 0 Å². The number of hydrogen-bond donors (Lipinski definition) is 1. The third-order valence-electron chi connectivity index (χ3n) is 7.07. The quantitative estimate of drug-likeness (QED) is 0.833. The molecule has 3 fully saturated rings. The highest BCUT2D eigenvalue weighted by Crippen LogP contribution is 2.43. The van der Waals surface area contributed by atoms with Crippen molar-refractivity contribution in [1.29, 1.82) is 0 Å². The molecule has 1 aromatic rings. The van der Waals surface area contributed by atoms with E-state index in [1.165, 1.54) is 19.3 Å². The molecule has 7 heteroatoms. The molecule has 27 heavy (non-hydrogen) atoms. The molecule has 2 aliphatic carbocycles. The Bertz CT molecular complexity index is 678. The molecule has 1 aromatic heterocycles. The number of ether oxygens (including phenoxy) is 1. The van der Waals surface area contributed by atoms with Crippen LogP contribution in [0.3, 0.4) is 0 Å². The monoisotopic (exact) mass is 396 g/mol. The van der Waals surface area contributed by atoms with Gasteiger partial charge >= 0.3 is 0 Å². The number of aryl methyl sites for hydroxylation is 2. The highest BCUT2D eigenvalue weighted by atomic mass is 35.5. The van der Waals surface area contributed by atoms with Crippen LogP contribution in [-0.4, -0.2) is 46.4 Å². The number of carbonyl (C=O) groups excluding carboxylic acids is 1. The van der Waals surface area contributed by atoms with Crippen molar-refractivity contribution in [3.05, 3.63) is 17.0 Å². The van der Waals surface area contributed by atoms with Crippen LogP contribution in [0.4, 0.5) is 0 Å². The van der Waals surface area contributed by atoms with Crippen LogP contribution in [0, 0.1) is 31.6 Å². The zero-order valence-corrected chi connectivity index (χ0v) is 17.5. The first-order valence-electron chi connectivity index (χ1n) is 10.1. The van der Waals surface area contributed by atoms with E-state index < -0.39 is 0 Å². The first kappa shape index (κ1) is 20.6. The van der Waals surface area contributed by atoms with E-state index in [4.69, 9.17) is 10.5 Å². The number of nitrogens with two attached hydrogens (primary N) is 1. The van der Waals surface area contributed by atoms with Crippen molar-refractivity contribution in [3.8, 4) is 0 Å². The number of morpholine rings is 1. The van der Waals surface area contributed by atoms with Gasteiger partial charge in [-0.15, -0.1) is 12.4 Å². The van der Waals surface area contributed by atoms with Gasteiger partial charge in [0.1, 0.15) is 0 Å². The molecule has 2 N–H and O–H groups in total. The largest absolute Gasteiger partial charge is 0.377 e. The predicted molar refractivity (Wildman–Crippen MR) is 107 cm³/mol. The van der Waals surface area contributed by atoms with Gasteiger partial charge in [-0.1, -0.05) is 6.42 Å². The molecular formula is C20H33ClN4O2. The van der Waals surface area contributed by atoms with Crippen molar-refractivity contribution in [2.75, 3.05) is 19.8 Å². The van der Waals surface area contributed by atoms with Crippen LogP contribution < -0.4 is 5.73 Å². The van der Waals surface area contributed by atoms with E-state index in [-0.39, 0.29) is 24.4 Å². The van der Waals surface area contributed by atoms with Gasteiger partial charge in [-0.25, -0.2) is 0 Å². The molecule has 6 nitrogen and oxygen atoms in total. The van der Waals surface area contributed by atoms with Gasteiger partial charge in [0.05, 0.1) is 24.9 Å². The lowest BCUT2D eigenvalue weighted by molar-refractivity contribution is -0.147. The molecule has 2 saturated carbocycles. The normalized spacial score (nSPS) is 33.5. The molecule has 0 spiro atoms. The SMILES string of the molecule is Cc1nn(C)c(C)c1C1COCCN1C(=O)C1CC2CCCC(C1)C2N.Cl. The topological polar surface area (TPSA) is 73.4 Å². The zero-order valence-electron chi connectivity index (χ0n) is 16.7. The molecule has 3 atom stereocenters. The maximum Gasteiger partial charge on any atom is 0.226 e. The Labute approximate surface area is 168 Å². The molecule has 1 aliphatic heterocycles. The maximum atomic E-state index is 13.5. The van der Waals surface area contributed by atoms with Crippen molar-refractivity contribution in [2.45, 2.75) is 58.0 Å². The molecule has 0 radical (unpaired) electrons. The smallest absolute Gasteiger partial charge is 0.226 e. The predicted octanol–water partition coefficient (Wildman–Crippen LogP) is 2.51. The number of hydrogen-bond acceptors (Lipinski definition) is 4. The van der Waals surface area contributed by atoms with E-state index in [0.29, 0.717) is 43.5 Å². The fourth-order valence-corrected chi connectivity index (χ4v) is 5.60. The summed E-state index contributed by atoms with van der Waals surface area (Å²) in [4.78, 5) is 15.6. The van der Waals surface area contributed by atoms with Crippen LogP contribution in [0.15, 0.2) is 0 Å². The van der Waals surface area contributed by atoms with E-state index in [0.717, 1.165) is 29.8 Å². The summed E-state index contributed by atoms with van der Waals surface area (Å²) in [6, 6.07) is 0.288. The van der Waals surface area contributed by atoms with Gasteiger partial charge in [0.15, 0.2) is 0 Å². The number of nitrogens with zero attached hydrogens (tertiary/aromatic N) is 3. The Morgan fingerprint density at radius 1 is 1.22 bits per heavy atom. The van der Waals surface area contributed by atoms with E-state index in [9.17, 15) is 4.79 Å². The third kappa shape index (κ3) is 3.64. The van der Waals surface area contributed by atoms with Crippen LogP contribution >= 0.6 is 12.4 Å². The van der Waals surface area contributed by atoms with E-state index >= 15 is 0 Å². The Morgan fingerprint density at radius 3 is 2.48 bits per heavy atom. The van der Waals surface area contributed by atoms with Crippen molar-refractivity contribution >= 4 is 18.3 Å². The second-order valence-corrected chi connectivity index (χ2v) is 8.53. The summed E-state index contributed by atoms with van der Waals surface area (Å²) in [6.45, 7) is 5.98. The van der Waals surface area contributed by atoms with Gasteiger partial charge < -0.3 is 15.4 Å². The summed E-state index contributed by atoms with van der Waals surface area (Å²) in [7, 11) is 1.96. The summed E-state index contributed by atoms with van der Waals surface area (Å²) >= 11 is 0. The molecule has 1 saturated heterocycles. The lowest BCUT2D eigenvalue weighted by Gasteiger charge is -2.46. The molecule has 3 aliphatic rings. The minimum atomic E-state index is -0.0135. The molecular weight excluding hydrogens is 364 g/mol. The summed E-state index contributed by atoms with van der Waals surface area (Å²) < 4.78 is 7.67. The van der Waals surface area contributed by atoms with Crippen LogP contribution in [0.25, 0.3) is 0 Å². The minimum absolute atomic E-state index is 0. The maximum absolute atomic E-state index is 13.5. The first-order chi connectivity index (χ1) is 12.5. The van der Waals surface area contributed by atoms with Crippen molar-refractivity contribution in [1.82, 2.24) is 14.7 Å². The number of carbonyl (C=O) groups is 1. The average molecular weight is 397 g/mol. The Kier molecular flexibility index (Phi) is 6.18.